The molecule has 0 fully saturated rings. The molecular formula is C11H9ClN2. The van der Waals surface area contributed by atoms with Gasteiger partial charge in [-0.25, -0.2) is 0 Å². The molecule has 0 spiro atoms. The Labute approximate surface area is 87.4 Å². The summed E-state index contributed by atoms with van der Waals surface area (Å²) >= 11 is 5.79. The first-order valence-corrected chi connectivity index (χ1v) is 4.61. The molecule has 0 atom stereocenters. The molecule has 3 heteroatoms. The zero-order chi connectivity index (χ0) is 9.97. The summed E-state index contributed by atoms with van der Waals surface area (Å²) in [4.78, 5) is 4.21. The fourth-order valence-corrected chi connectivity index (χ4v) is 1.39. The van der Waals surface area contributed by atoms with Crippen LogP contribution in [0.5, 0.6) is 0 Å². The minimum atomic E-state index is 0.676. The monoisotopic (exact) mass is 204 g/mol. The lowest BCUT2D eigenvalue weighted by Gasteiger charge is -2.03. The van der Waals surface area contributed by atoms with E-state index >= 15 is 0 Å². The van der Waals surface area contributed by atoms with Gasteiger partial charge in [0, 0.05) is 16.8 Å². The van der Waals surface area contributed by atoms with Crippen molar-refractivity contribution in [3.05, 3.63) is 47.6 Å². The van der Waals surface area contributed by atoms with Crippen molar-refractivity contribution in [1.29, 1.82) is 0 Å². The summed E-state index contributed by atoms with van der Waals surface area (Å²) in [5, 5.41) is 0.711. The van der Waals surface area contributed by atoms with Gasteiger partial charge in [0.25, 0.3) is 0 Å². The Balaban J connectivity index is 2.50. The Bertz CT molecular complexity index is 437. The molecule has 0 radical (unpaired) electrons. The summed E-state index contributed by atoms with van der Waals surface area (Å²) in [6.07, 6.45) is 1.72. The van der Waals surface area contributed by atoms with Crippen molar-refractivity contribution >= 4 is 17.3 Å². The summed E-state index contributed by atoms with van der Waals surface area (Å²) in [6, 6.07) is 11.1. The molecule has 2 N–H and O–H groups in total. The highest BCUT2D eigenvalue weighted by Gasteiger charge is 2.01. The van der Waals surface area contributed by atoms with Crippen LogP contribution in [0, 0.1) is 0 Å². The van der Waals surface area contributed by atoms with Crippen molar-refractivity contribution < 1.29 is 0 Å². The van der Waals surface area contributed by atoms with Crippen LogP contribution in [0.4, 0.5) is 5.69 Å². The molecule has 1 heterocycles. The molecule has 0 bridgehead atoms. The van der Waals surface area contributed by atoms with Crippen LogP contribution >= 0.6 is 11.6 Å². The lowest BCUT2D eigenvalue weighted by atomic mass is 10.1. The Hall–Kier alpha value is -1.54. The van der Waals surface area contributed by atoms with E-state index < -0.39 is 0 Å². The van der Waals surface area contributed by atoms with E-state index in [1.54, 1.807) is 6.20 Å². The first kappa shape index (κ1) is 9.03. The van der Waals surface area contributed by atoms with Crippen LogP contribution in [-0.2, 0) is 0 Å². The van der Waals surface area contributed by atoms with Gasteiger partial charge in [-0.05, 0) is 24.3 Å². The van der Waals surface area contributed by atoms with Crippen LogP contribution in [0.3, 0.4) is 0 Å². The largest absolute Gasteiger partial charge is 0.397 e. The number of nitrogens with two attached hydrogens (primary N) is 1. The molecule has 2 nitrogen and oxygen atoms in total. The van der Waals surface area contributed by atoms with Crippen molar-refractivity contribution in [1.82, 2.24) is 4.98 Å². The molecule has 0 aliphatic heterocycles. The van der Waals surface area contributed by atoms with Gasteiger partial charge in [-0.15, -0.1) is 0 Å². The zero-order valence-corrected chi connectivity index (χ0v) is 8.20. The number of hydrogen-bond acceptors (Lipinski definition) is 2. The number of benzene rings is 1. The maximum atomic E-state index is 5.80. The van der Waals surface area contributed by atoms with Crippen LogP contribution in [-0.4, -0.2) is 4.98 Å². The molecule has 0 aliphatic rings. The van der Waals surface area contributed by atoms with Gasteiger partial charge in [-0.3, -0.25) is 4.98 Å². The molecule has 1 aromatic heterocycles. The van der Waals surface area contributed by atoms with Crippen molar-refractivity contribution in [3.8, 4) is 11.3 Å². The molecule has 0 saturated heterocycles. The predicted molar refractivity (Wildman–Crippen MR) is 59.1 cm³/mol. The summed E-state index contributed by atoms with van der Waals surface area (Å²) < 4.78 is 0. The van der Waals surface area contributed by atoms with E-state index in [-0.39, 0.29) is 0 Å². The topological polar surface area (TPSA) is 38.9 Å². The number of anilines is 1. The van der Waals surface area contributed by atoms with Gasteiger partial charge in [0.2, 0.25) is 0 Å². The van der Waals surface area contributed by atoms with Gasteiger partial charge in [0.15, 0.2) is 0 Å². The molecule has 0 aliphatic carbocycles. The number of hydrogen-bond donors (Lipinski definition) is 1. The summed E-state index contributed by atoms with van der Waals surface area (Å²) in [7, 11) is 0. The van der Waals surface area contributed by atoms with E-state index in [4.69, 9.17) is 17.3 Å². The summed E-state index contributed by atoms with van der Waals surface area (Å²) in [5.74, 6) is 0. The highest BCUT2D eigenvalue weighted by molar-refractivity contribution is 6.30. The van der Waals surface area contributed by atoms with Gasteiger partial charge < -0.3 is 5.73 Å². The van der Waals surface area contributed by atoms with E-state index in [1.165, 1.54) is 0 Å². The molecule has 14 heavy (non-hydrogen) atoms. The Morgan fingerprint density at radius 2 is 1.79 bits per heavy atom. The summed E-state index contributed by atoms with van der Waals surface area (Å²) in [5.41, 5.74) is 8.25. The first-order valence-electron chi connectivity index (χ1n) is 4.24. The lowest BCUT2D eigenvalue weighted by molar-refractivity contribution is 1.33. The molecule has 0 saturated carbocycles. The summed E-state index contributed by atoms with van der Waals surface area (Å²) in [6.45, 7) is 0. The fraction of sp³-hybridized carbons (Fsp3) is 0. The van der Waals surface area contributed by atoms with Crippen LogP contribution in [0.2, 0.25) is 5.02 Å². The van der Waals surface area contributed by atoms with Crippen molar-refractivity contribution in [2.24, 2.45) is 0 Å². The van der Waals surface area contributed by atoms with Crippen LogP contribution in [0.25, 0.3) is 11.3 Å². The van der Waals surface area contributed by atoms with E-state index in [0.29, 0.717) is 10.7 Å². The van der Waals surface area contributed by atoms with Gasteiger partial charge in [-0.1, -0.05) is 23.7 Å². The van der Waals surface area contributed by atoms with E-state index in [2.05, 4.69) is 4.98 Å². The van der Waals surface area contributed by atoms with Crippen molar-refractivity contribution in [2.75, 3.05) is 5.73 Å². The lowest BCUT2D eigenvalue weighted by Crippen LogP contribution is -1.91. The normalized spacial score (nSPS) is 10.1. The van der Waals surface area contributed by atoms with Crippen molar-refractivity contribution in [2.45, 2.75) is 0 Å². The van der Waals surface area contributed by atoms with Crippen molar-refractivity contribution in [3.63, 3.8) is 0 Å². The van der Waals surface area contributed by atoms with Gasteiger partial charge >= 0.3 is 0 Å². The van der Waals surface area contributed by atoms with Crippen LogP contribution in [0.1, 0.15) is 0 Å². The SMILES string of the molecule is Nc1cccnc1-c1ccc(Cl)cc1. The molecule has 1 aromatic carbocycles. The number of halogens is 1. The number of nitrogen functional groups attached to an aromatic ring is 1. The predicted octanol–water partition coefficient (Wildman–Crippen LogP) is 2.98. The maximum absolute atomic E-state index is 5.80. The second-order valence-electron chi connectivity index (χ2n) is 2.95. The molecule has 2 aromatic rings. The van der Waals surface area contributed by atoms with E-state index in [9.17, 15) is 0 Å². The minimum absolute atomic E-state index is 0.676. The second-order valence-corrected chi connectivity index (χ2v) is 3.38. The number of aromatic nitrogens is 1. The quantitative estimate of drug-likeness (QED) is 0.776. The van der Waals surface area contributed by atoms with E-state index in [1.807, 2.05) is 36.4 Å². The molecule has 0 unspecified atom stereocenters. The zero-order valence-electron chi connectivity index (χ0n) is 7.44. The Kier molecular flexibility index (Phi) is 2.37. The standard InChI is InChI=1S/C11H9ClN2/c12-9-5-3-8(4-6-9)11-10(13)2-1-7-14-11/h1-7H,13H2. The third-order valence-electron chi connectivity index (χ3n) is 1.96. The van der Waals surface area contributed by atoms with Crippen LogP contribution in [0.15, 0.2) is 42.6 Å². The average molecular weight is 205 g/mol. The highest BCUT2D eigenvalue weighted by atomic mass is 35.5. The number of pyridine rings is 1. The molecule has 70 valence electrons. The fourth-order valence-electron chi connectivity index (χ4n) is 1.27. The number of rotatable bonds is 1. The molecular weight excluding hydrogens is 196 g/mol. The minimum Gasteiger partial charge on any atom is -0.397 e. The third kappa shape index (κ3) is 1.70. The number of nitrogens with zero attached hydrogens (tertiary/aromatic N) is 1. The second kappa shape index (κ2) is 3.68. The average Bonchev–Trinajstić information content (AvgIpc) is 2.20. The smallest absolute Gasteiger partial charge is 0.0931 e. The third-order valence-corrected chi connectivity index (χ3v) is 2.21. The first-order chi connectivity index (χ1) is 6.77. The van der Waals surface area contributed by atoms with Gasteiger partial charge in [0.1, 0.15) is 0 Å². The van der Waals surface area contributed by atoms with Gasteiger partial charge in [0.05, 0.1) is 11.4 Å². The molecule has 2 rings (SSSR count). The van der Waals surface area contributed by atoms with E-state index in [0.717, 1.165) is 11.3 Å². The Morgan fingerprint density at radius 1 is 1.07 bits per heavy atom. The Morgan fingerprint density at radius 3 is 2.43 bits per heavy atom. The maximum Gasteiger partial charge on any atom is 0.0931 e. The molecule has 0 amide bonds. The highest BCUT2D eigenvalue weighted by Crippen LogP contribution is 2.23. The van der Waals surface area contributed by atoms with Crippen LogP contribution < -0.4 is 5.73 Å². The van der Waals surface area contributed by atoms with Gasteiger partial charge in [-0.2, -0.15) is 0 Å².